The zero-order chi connectivity index (χ0) is 20.9. The van der Waals surface area contributed by atoms with Crippen LogP contribution in [0.2, 0.25) is 0 Å². The van der Waals surface area contributed by atoms with E-state index in [9.17, 15) is 9.59 Å². The number of unbranched alkanes of at least 4 members (excludes halogenated alkanes) is 3. The van der Waals surface area contributed by atoms with Crippen LogP contribution in [0.1, 0.15) is 66.7 Å². The Morgan fingerprint density at radius 2 is 1.64 bits per heavy atom. The van der Waals surface area contributed by atoms with Gasteiger partial charge in [0.25, 0.3) is 0 Å². The van der Waals surface area contributed by atoms with Gasteiger partial charge in [-0.1, -0.05) is 27.2 Å². The number of rotatable bonds is 13. The summed E-state index contributed by atoms with van der Waals surface area (Å²) >= 11 is 0. The molecule has 7 heteroatoms. The highest BCUT2D eigenvalue weighted by molar-refractivity contribution is 5.73. The monoisotopic (exact) mass is 401 g/mol. The molecule has 1 heterocycles. The molecular weight excluding hydrogens is 362 g/mol. The first-order valence-electron chi connectivity index (χ1n) is 10.6. The van der Waals surface area contributed by atoms with Gasteiger partial charge in [0.2, 0.25) is 5.91 Å². The Morgan fingerprint density at radius 3 is 2.29 bits per heavy atom. The van der Waals surface area contributed by atoms with E-state index in [4.69, 9.17) is 18.9 Å². The molecule has 164 valence electrons. The number of esters is 1. The number of amides is 1. The van der Waals surface area contributed by atoms with Crippen molar-refractivity contribution in [1.82, 2.24) is 5.32 Å². The van der Waals surface area contributed by atoms with Gasteiger partial charge in [-0.15, -0.1) is 0 Å². The van der Waals surface area contributed by atoms with Crippen LogP contribution in [-0.2, 0) is 28.5 Å². The molecular formula is C21H39NO6. The molecule has 1 saturated heterocycles. The van der Waals surface area contributed by atoms with Crippen molar-refractivity contribution >= 4 is 11.9 Å². The third kappa shape index (κ3) is 9.34. The van der Waals surface area contributed by atoms with E-state index in [1.54, 1.807) is 0 Å². The summed E-state index contributed by atoms with van der Waals surface area (Å²) in [6, 6.07) is -0.224. The summed E-state index contributed by atoms with van der Waals surface area (Å²) < 4.78 is 22.8. The van der Waals surface area contributed by atoms with Crippen molar-refractivity contribution in [3.05, 3.63) is 0 Å². The molecule has 0 aromatic heterocycles. The fourth-order valence-electron chi connectivity index (χ4n) is 3.29. The van der Waals surface area contributed by atoms with E-state index in [-0.39, 0.29) is 42.5 Å². The van der Waals surface area contributed by atoms with Gasteiger partial charge in [0.15, 0.2) is 6.29 Å². The Kier molecular flexibility index (Phi) is 12.3. The average Bonchev–Trinajstić information content (AvgIpc) is 2.64. The van der Waals surface area contributed by atoms with Crippen LogP contribution < -0.4 is 5.32 Å². The minimum absolute atomic E-state index is 0.107. The predicted molar refractivity (Wildman–Crippen MR) is 107 cm³/mol. The maximum Gasteiger partial charge on any atom is 0.302 e. The standard InChI is InChI=1S/C21H39NO6/c1-6-7-11-25-12-9-8-10-13-26-21-20(22-17(4)23)16(3)15(2)19(28-21)14-27-18(5)24/h15-16,19-21H,6-14H2,1-5H3,(H,22,23). The van der Waals surface area contributed by atoms with Crippen molar-refractivity contribution in [1.29, 1.82) is 0 Å². The van der Waals surface area contributed by atoms with E-state index in [0.29, 0.717) is 6.61 Å². The Balaban J connectivity index is 2.45. The summed E-state index contributed by atoms with van der Waals surface area (Å²) in [5.74, 6) is -0.179. The minimum Gasteiger partial charge on any atom is -0.463 e. The van der Waals surface area contributed by atoms with E-state index >= 15 is 0 Å². The topological polar surface area (TPSA) is 83.1 Å². The highest BCUT2D eigenvalue weighted by Gasteiger charge is 2.42. The van der Waals surface area contributed by atoms with Gasteiger partial charge in [0.05, 0.1) is 12.1 Å². The van der Waals surface area contributed by atoms with Crippen molar-refractivity contribution in [2.24, 2.45) is 11.8 Å². The van der Waals surface area contributed by atoms with Crippen molar-refractivity contribution in [2.75, 3.05) is 26.4 Å². The number of hydrogen-bond donors (Lipinski definition) is 1. The zero-order valence-electron chi connectivity index (χ0n) is 18.2. The molecule has 1 amide bonds. The van der Waals surface area contributed by atoms with Crippen molar-refractivity contribution in [3.8, 4) is 0 Å². The van der Waals surface area contributed by atoms with Crippen LogP contribution in [0.15, 0.2) is 0 Å². The smallest absolute Gasteiger partial charge is 0.302 e. The van der Waals surface area contributed by atoms with Gasteiger partial charge < -0.3 is 24.3 Å². The summed E-state index contributed by atoms with van der Waals surface area (Å²) in [5, 5.41) is 2.96. The van der Waals surface area contributed by atoms with Gasteiger partial charge in [0, 0.05) is 33.7 Å². The molecule has 0 bridgehead atoms. The van der Waals surface area contributed by atoms with Crippen LogP contribution in [0, 0.1) is 11.8 Å². The molecule has 28 heavy (non-hydrogen) atoms. The molecule has 5 unspecified atom stereocenters. The molecule has 0 aliphatic carbocycles. The Hall–Kier alpha value is -1.18. The summed E-state index contributed by atoms with van der Waals surface area (Å²) in [5.41, 5.74) is 0. The molecule has 0 aromatic carbocycles. The van der Waals surface area contributed by atoms with Gasteiger partial charge in [0.1, 0.15) is 6.61 Å². The van der Waals surface area contributed by atoms with Gasteiger partial charge >= 0.3 is 5.97 Å². The SMILES string of the molecule is CCCCOCCCCCOC1OC(COC(C)=O)C(C)C(C)C1NC(C)=O. The summed E-state index contributed by atoms with van der Waals surface area (Å²) in [6.07, 6.45) is 4.40. The highest BCUT2D eigenvalue weighted by Crippen LogP contribution is 2.31. The number of hydrogen-bond acceptors (Lipinski definition) is 6. The average molecular weight is 402 g/mol. The highest BCUT2D eigenvalue weighted by atomic mass is 16.7. The molecule has 5 atom stereocenters. The van der Waals surface area contributed by atoms with Gasteiger partial charge in [-0.25, -0.2) is 0 Å². The quantitative estimate of drug-likeness (QED) is 0.377. The van der Waals surface area contributed by atoms with E-state index < -0.39 is 6.29 Å². The summed E-state index contributed by atoms with van der Waals surface area (Å²) in [7, 11) is 0. The molecule has 0 aromatic rings. The zero-order valence-corrected chi connectivity index (χ0v) is 18.2. The molecule has 0 saturated carbocycles. The van der Waals surface area contributed by atoms with Crippen molar-refractivity contribution in [2.45, 2.75) is 85.2 Å². The first-order chi connectivity index (χ1) is 13.4. The lowest BCUT2D eigenvalue weighted by Gasteiger charge is -2.44. The van der Waals surface area contributed by atoms with E-state index in [1.165, 1.54) is 13.8 Å². The summed E-state index contributed by atoms with van der Waals surface area (Å²) in [4.78, 5) is 22.8. The lowest BCUT2D eigenvalue weighted by Crippen LogP contribution is -2.58. The lowest BCUT2D eigenvalue weighted by molar-refractivity contribution is -0.244. The first kappa shape index (κ1) is 24.9. The maximum atomic E-state index is 11.6. The lowest BCUT2D eigenvalue weighted by atomic mass is 9.82. The van der Waals surface area contributed by atoms with Crippen LogP contribution >= 0.6 is 0 Å². The first-order valence-corrected chi connectivity index (χ1v) is 10.6. The third-order valence-corrected chi connectivity index (χ3v) is 5.26. The molecule has 0 spiro atoms. The second kappa shape index (κ2) is 13.9. The number of ether oxygens (including phenoxy) is 4. The van der Waals surface area contributed by atoms with Crippen molar-refractivity contribution < 1.29 is 28.5 Å². The van der Waals surface area contributed by atoms with Crippen LogP contribution in [0.25, 0.3) is 0 Å². The third-order valence-electron chi connectivity index (χ3n) is 5.26. The molecule has 1 aliphatic heterocycles. The molecule has 1 aliphatic rings. The van der Waals surface area contributed by atoms with E-state index in [0.717, 1.165) is 45.3 Å². The second-order valence-electron chi connectivity index (χ2n) is 7.69. The second-order valence-corrected chi connectivity index (χ2v) is 7.69. The largest absolute Gasteiger partial charge is 0.463 e. The molecule has 7 nitrogen and oxygen atoms in total. The van der Waals surface area contributed by atoms with Crippen LogP contribution in [0.3, 0.4) is 0 Å². The van der Waals surface area contributed by atoms with Gasteiger partial charge in [-0.2, -0.15) is 0 Å². The fraction of sp³-hybridized carbons (Fsp3) is 0.905. The number of nitrogens with one attached hydrogen (secondary N) is 1. The number of carbonyl (C=O) groups excluding carboxylic acids is 2. The molecule has 0 radical (unpaired) electrons. The Bertz CT molecular complexity index is 456. The van der Waals surface area contributed by atoms with Crippen LogP contribution in [-0.4, -0.2) is 56.7 Å². The maximum absolute atomic E-state index is 11.6. The molecule has 1 rings (SSSR count). The van der Waals surface area contributed by atoms with E-state index in [1.807, 2.05) is 6.92 Å². The van der Waals surface area contributed by atoms with Crippen molar-refractivity contribution in [3.63, 3.8) is 0 Å². The molecule has 1 fully saturated rings. The van der Waals surface area contributed by atoms with Crippen LogP contribution in [0.5, 0.6) is 0 Å². The van der Waals surface area contributed by atoms with E-state index in [2.05, 4.69) is 19.2 Å². The predicted octanol–water partition coefficient (Wildman–Crippen LogP) is 3.05. The Morgan fingerprint density at radius 1 is 0.964 bits per heavy atom. The normalized spacial score (nSPS) is 27.4. The summed E-state index contributed by atoms with van der Waals surface area (Å²) in [6.45, 7) is 11.5. The van der Waals surface area contributed by atoms with Crippen LogP contribution in [0.4, 0.5) is 0 Å². The molecule has 1 N–H and O–H groups in total. The Labute approximate surface area is 169 Å². The number of carbonyl (C=O) groups is 2. The minimum atomic E-state index is -0.545. The fourth-order valence-corrected chi connectivity index (χ4v) is 3.29. The van der Waals surface area contributed by atoms with Gasteiger partial charge in [-0.05, 0) is 37.5 Å². The van der Waals surface area contributed by atoms with Gasteiger partial charge in [-0.3, -0.25) is 9.59 Å².